The van der Waals surface area contributed by atoms with Crippen molar-refractivity contribution >= 4 is 17.3 Å². The van der Waals surface area contributed by atoms with Crippen molar-refractivity contribution in [3.05, 3.63) is 63.7 Å². The zero-order chi connectivity index (χ0) is 13.9. The van der Waals surface area contributed by atoms with E-state index in [1.165, 1.54) is 30.4 Å². The van der Waals surface area contributed by atoms with E-state index >= 15 is 0 Å². The third-order valence-corrected chi connectivity index (χ3v) is 4.12. The zero-order valence-corrected chi connectivity index (χ0v) is 11.9. The molecule has 20 heavy (non-hydrogen) atoms. The Morgan fingerprint density at radius 1 is 1.10 bits per heavy atom. The molecule has 0 fully saturated rings. The monoisotopic (exact) mass is 282 g/mol. The van der Waals surface area contributed by atoms with Gasteiger partial charge in [0.1, 0.15) is 0 Å². The second-order valence-electron chi connectivity index (χ2n) is 5.11. The largest absolute Gasteiger partial charge is 0.381 e. The van der Waals surface area contributed by atoms with Gasteiger partial charge in [0.05, 0.1) is 11.6 Å². The van der Waals surface area contributed by atoms with Gasteiger partial charge in [0.15, 0.2) is 0 Å². The van der Waals surface area contributed by atoms with Crippen LogP contribution in [-0.2, 0) is 19.4 Å². The maximum atomic E-state index is 8.83. The van der Waals surface area contributed by atoms with Crippen molar-refractivity contribution in [2.75, 3.05) is 5.32 Å². The van der Waals surface area contributed by atoms with Crippen LogP contribution in [0.3, 0.4) is 0 Å². The van der Waals surface area contributed by atoms with Crippen LogP contribution < -0.4 is 5.32 Å². The van der Waals surface area contributed by atoms with Gasteiger partial charge in [-0.05, 0) is 60.2 Å². The Hall–Kier alpha value is -1.98. The van der Waals surface area contributed by atoms with E-state index in [9.17, 15) is 0 Å². The van der Waals surface area contributed by atoms with Crippen molar-refractivity contribution in [3.8, 4) is 6.07 Å². The van der Waals surface area contributed by atoms with E-state index in [0.717, 1.165) is 11.3 Å². The standard InChI is InChI=1S/C17H15ClN2/c18-17-8-12(10-19)4-5-15(17)11-20-16-7-6-13-2-1-3-14(13)9-16/h4-9,20H,1-3,11H2. The van der Waals surface area contributed by atoms with Gasteiger partial charge in [-0.3, -0.25) is 0 Å². The molecule has 0 saturated carbocycles. The Morgan fingerprint density at radius 2 is 1.95 bits per heavy atom. The molecule has 0 radical (unpaired) electrons. The van der Waals surface area contributed by atoms with Crippen LogP contribution in [0.2, 0.25) is 5.02 Å². The highest BCUT2D eigenvalue weighted by Crippen LogP contribution is 2.25. The average molecular weight is 283 g/mol. The number of nitriles is 1. The van der Waals surface area contributed by atoms with Crippen LogP contribution in [0.4, 0.5) is 5.69 Å². The van der Waals surface area contributed by atoms with Crippen molar-refractivity contribution in [1.29, 1.82) is 5.26 Å². The van der Waals surface area contributed by atoms with Gasteiger partial charge in [-0.2, -0.15) is 5.26 Å². The van der Waals surface area contributed by atoms with Gasteiger partial charge in [0, 0.05) is 17.3 Å². The summed E-state index contributed by atoms with van der Waals surface area (Å²) in [6.07, 6.45) is 3.65. The van der Waals surface area contributed by atoms with Crippen molar-refractivity contribution < 1.29 is 0 Å². The highest BCUT2D eigenvalue weighted by molar-refractivity contribution is 6.31. The Kier molecular flexibility index (Phi) is 3.62. The summed E-state index contributed by atoms with van der Waals surface area (Å²) in [4.78, 5) is 0. The van der Waals surface area contributed by atoms with Gasteiger partial charge in [0.25, 0.3) is 0 Å². The lowest BCUT2D eigenvalue weighted by atomic mass is 10.1. The van der Waals surface area contributed by atoms with Crippen LogP contribution in [-0.4, -0.2) is 0 Å². The van der Waals surface area contributed by atoms with Crippen molar-refractivity contribution in [2.24, 2.45) is 0 Å². The lowest BCUT2D eigenvalue weighted by Gasteiger charge is -2.10. The molecule has 3 rings (SSSR count). The maximum absolute atomic E-state index is 8.83. The number of anilines is 1. The van der Waals surface area contributed by atoms with Crippen LogP contribution in [0.15, 0.2) is 36.4 Å². The first-order valence-corrected chi connectivity index (χ1v) is 7.18. The first kappa shape index (κ1) is 13.0. The second kappa shape index (κ2) is 5.56. The number of nitrogens with zero attached hydrogens (tertiary/aromatic N) is 1. The molecule has 1 N–H and O–H groups in total. The van der Waals surface area contributed by atoms with Gasteiger partial charge < -0.3 is 5.32 Å². The smallest absolute Gasteiger partial charge is 0.0992 e. The molecule has 0 heterocycles. The van der Waals surface area contributed by atoms with Crippen LogP contribution >= 0.6 is 11.6 Å². The molecule has 0 bridgehead atoms. The van der Waals surface area contributed by atoms with Crippen molar-refractivity contribution in [3.63, 3.8) is 0 Å². The summed E-state index contributed by atoms with van der Waals surface area (Å²) in [6, 6.07) is 14.1. The number of fused-ring (bicyclic) bond motifs is 1. The molecule has 100 valence electrons. The third kappa shape index (κ3) is 2.64. The minimum absolute atomic E-state index is 0.594. The number of halogens is 1. The number of benzene rings is 2. The van der Waals surface area contributed by atoms with Crippen molar-refractivity contribution in [2.45, 2.75) is 25.8 Å². The summed E-state index contributed by atoms with van der Waals surface area (Å²) < 4.78 is 0. The van der Waals surface area contributed by atoms with Crippen LogP contribution in [0.5, 0.6) is 0 Å². The fourth-order valence-corrected chi connectivity index (χ4v) is 2.89. The lowest BCUT2D eigenvalue weighted by molar-refractivity contribution is 0.912. The molecule has 3 heteroatoms. The van der Waals surface area contributed by atoms with Gasteiger partial charge in [-0.15, -0.1) is 0 Å². The van der Waals surface area contributed by atoms with E-state index in [2.05, 4.69) is 29.6 Å². The summed E-state index contributed by atoms with van der Waals surface area (Å²) >= 11 is 6.18. The fourth-order valence-electron chi connectivity index (χ4n) is 2.64. The van der Waals surface area contributed by atoms with Gasteiger partial charge >= 0.3 is 0 Å². The van der Waals surface area contributed by atoms with E-state index in [0.29, 0.717) is 17.1 Å². The van der Waals surface area contributed by atoms with Crippen molar-refractivity contribution in [1.82, 2.24) is 0 Å². The Balaban J connectivity index is 1.72. The minimum atomic E-state index is 0.594. The predicted molar refractivity (Wildman–Crippen MR) is 82.0 cm³/mol. The Labute approximate surface area is 124 Å². The quantitative estimate of drug-likeness (QED) is 0.910. The zero-order valence-electron chi connectivity index (χ0n) is 11.1. The highest BCUT2D eigenvalue weighted by Gasteiger charge is 2.10. The van der Waals surface area contributed by atoms with Crippen LogP contribution in [0, 0.1) is 11.3 Å². The lowest BCUT2D eigenvalue weighted by Crippen LogP contribution is -2.01. The van der Waals surface area contributed by atoms with Gasteiger partial charge in [-0.1, -0.05) is 23.7 Å². The molecule has 2 nitrogen and oxygen atoms in total. The normalized spacial score (nSPS) is 12.8. The maximum Gasteiger partial charge on any atom is 0.0992 e. The molecule has 2 aromatic rings. The summed E-state index contributed by atoms with van der Waals surface area (Å²) in [5.74, 6) is 0. The number of nitrogens with one attached hydrogen (secondary N) is 1. The molecule has 0 aliphatic heterocycles. The molecule has 1 aliphatic carbocycles. The second-order valence-corrected chi connectivity index (χ2v) is 5.52. The fraction of sp³-hybridized carbons (Fsp3) is 0.235. The van der Waals surface area contributed by atoms with Gasteiger partial charge in [-0.25, -0.2) is 0 Å². The molecule has 2 aromatic carbocycles. The van der Waals surface area contributed by atoms with E-state index in [4.69, 9.17) is 16.9 Å². The SMILES string of the molecule is N#Cc1ccc(CNc2ccc3c(c2)CCC3)c(Cl)c1. The minimum Gasteiger partial charge on any atom is -0.381 e. The Morgan fingerprint density at radius 3 is 2.75 bits per heavy atom. The Bertz CT molecular complexity index is 686. The molecular formula is C17H15ClN2. The summed E-state index contributed by atoms with van der Waals surface area (Å²) in [5.41, 5.74) is 5.67. The summed E-state index contributed by atoms with van der Waals surface area (Å²) in [5, 5.41) is 12.9. The topological polar surface area (TPSA) is 35.8 Å². The molecule has 0 aromatic heterocycles. The number of rotatable bonds is 3. The van der Waals surface area contributed by atoms with E-state index in [1.54, 1.807) is 12.1 Å². The first-order valence-electron chi connectivity index (χ1n) is 6.80. The first-order chi connectivity index (χ1) is 9.76. The van der Waals surface area contributed by atoms with Crippen LogP contribution in [0.25, 0.3) is 0 Å². The molecule has 0 spiro atoms. The summed E-state index contributed by atoms with van der Waals surface area (Å²) in [6.45, 7) is 0.670. The third-order valence-electron chi connectivity index (χ3n) is 3.76. The van der Waals surface area contributed by atoms with E-state index < -0.39 is 0 Å². The molecule has 0 saturated heterocycles. The van der Waals surface area contributed by atoms with E-state index in [1.807, 2.05) is 6.07 Å². The number of hydrogen-bond acceptors (Lipinski definition) is 2. The number of hydrogen-bond donors (Lipinski definition) is 1. The van der Waals surface area contributed by atoms with Gasteiger partial charge in [0.2, 0.25) is 0 Å². The molecular weight excluding hydrogens is 268 g/mol. The highest BCUT2D eigenvalue weighted by atomic mass is 35.5. The molecule has 0 atom stereocenters. The average Bonchev–Trinajstić information content (AvgIpc) is 2.93. The molecule has 1 aliphatic rings. The molecule has 0 amide bonds. The summed E-state index contributed by atoms with van der Waals surface area (Å²) in [7, 11) is 0. The van der Waals surface area contributed by atoms with Crippen LogP contribution in [0.1, 0.15) is 28.7 Å². The number of aryl methyl sites for hydroxylation is 2. The van der Waals surface area contributed by atoms with E-state index in [-0.39, 0.29) is 0 Å². The predicted octanol–water partition coefficient (Wildman–Crippen LogP) is 4.31. The molecule has 0 unspecified atom stereocenters.